The first-order chi connectivity index (χ1) is 7.00. The molecule has 0 saturated carbocycles. The lowest BCUT2D eigenvalue weighted by Crippen LogP contribution is -2.22. The van der Waals surface area contributed by atoms with Gasteiger partial charge in [-0.05, 0) is 31.5 Å². The van der Waals surface area contributed by atoms with Crippen molar-refractivity contribution in [2.45, 2.75) is 20.0 Å². The van der Waals surface area contributed by atoms with E-state index in [0.29, 0.717) is 5.75 Å². The Balaban J connectivity index is 2.82. The van der Waals surface area contributed by atoms with Crippen molar-refractivity contribution >= 4 is 11.5 Å². The second-order valence-corrected chi connectivity index (χ2v) is 3.41. The van der Waals surface area contributed by atoms with Gasteiger partial charge in [-0.3, -0.25) is 0 Å². The van der Waals surface area contributed by atoms with Crippen LogP contribution in [0.2, 0.25) is 0 Å². The number of ether oxygens (including phenoxy) is 1. The van der Waals surface area contributed by atoms with E-state index in [9.17, 15) is 4.79 Å². The largest absolute Gasteiger partial charge is 0.479 e. The van der Waals surface area contributed by atoms with Gasteiger partial charge in [0, 0.05) is 0 Å². The maximum absolute atomic E-state index is 10.6. The van der Waals surface area contributed by atoms with E-state index in [1.807, 2.05) is 19.1 Å². The predicted octanol–water partition coefficient (Wildman–Crippen LogP) is 2.57. The third-order valence-electron chi connectivity index (χ3n) is 1.99. The molecule has 0 amide bonds. The molecule has 1 atom stereocenters. The minimum absolute atomic E-state index is 0.547. The van der Waals surface area contributed by atoms with Gasteiger partial charge in [-0.25, -0.2) is 4.79 Å². The summed E-state index contributed by atoms with van der Waals surface area (Å²) in [4.78, 5) is 10.6. The van der Waals surface area contributed by atoms with Crippen LogP contribution in [0, 0.1) is 0 Å². The molecule has 0 aliphatic carbocycles. The molecular formula is C12H14O3. The van der Waals surface area contributed by atoms with Crippen LogP contribution in [0.25, 0.3) is 5.57 Å². The molecule has 1 rings (SSSR count). The fourth-order valence-electron chi connectivity index (χ4n) is 1.09. The summed E-state index contributed by atoms with van der Waals surface area (Å²) in [5.41, 5.74) is 1.87. The molecule has 0 spiro atoms. The Labute approximate surface area is 89.0 Å². The highest BCUT2D eigenvalue weighted by Gasteiger charge is 2.12. The molecule has 1 aromatic carbocycles. The number of rotatable bonds is 4. The van der Waals surface area contributed by atoms with Crippen molar-refractivity contribution in [3.8, 4) is 5.75 Å². The molecule has 0 radical (unpaired) electrons. The SMILES string of the molecule is C=C(C)c1cccc(OC(C)C(=O)O)c1. The molecule has 80 valence electrons. The average Bonchev–Trinajstić information content (AvgIpc) is 2.18. The van der Waals surface area contributed by atoms with Crippen molar-refractivity contribution in [2.24, 2.45) is 0 Å². The lowest BCUT2D eigenvalue weighted by Gasteiger charge is -2.11. The summed E-state index contributed by atoms with van der Waals surface area (Å²) in [6, 6.07) is 7.22. The predicted molar refractivity (Wildman–Crippen MR) is 58.9 cm³/mol. The van der Waals surface area contributed by atoms with Gasteiger partial charge in [-0.2, -0.15) is 0 Å². The molecule has 0 aliphatic heterocycles. The summed E-state index contributed by atoms with van der Waals surface area (Å²) >= 11 is 0. The van der Waals surface area contributed by atoms with Crippen LogP contribution in [-0.2, 0) is 4.79 Å². The average molecular weight is 206 g/mol. The molecule has 0 aromatic heterocycles. The Morgan fingerprint density at radius 1 is 1.53 bits per heavy atom. The molecule has 3 heteroatoms. The highest BCUT2D eigenvalue weighted by Crippen LogP contribution is 2.19. The van der Waals surface area contributed by atoms with Crippen molar-refractivity contribution in [2.75, 3.05) is 0 Å². The maximum Gasteiger partial charge on any atom is 0.344 e. The lowest BCUT2D eigenvalue weighted by molar-refractivity contribution is -0.144. The first-order valence-corrected chi connectivity index (χ1v) is 4.66. The van der Waals surface area contributed by atoms with E-state index in [2.05, 4.69) is 6.58 Å². The first-order valence-electron chi connectivity index (χ1n) is 4.66. The Bertz CT molecular complexity index is 382. The van der Waals surface area contributed by atoms with Crippen molar-refractivity contribution in [3.63, 3.8) is 0 Å². The molecule has 1 aromatic rings. The molecule has 1 N–H and O–H groups in total. The monoisotopic (exact) mass is 206 g/mol. The standard InChI is InChI=1S/C12H14O3/c1-8(2)10-5-4-6-11(7-10)15-9(3)12(13)14/h4-7,9H,1H2,2-3H3,(H,13,14). The van der Waals surface area contributed by atoms with E-state index >= 15 is 0 Å². The van der Waals surface area contributed by atoms with Crippen LogP contribution in [0.3, 0.4) is 0 Å². The number of carbonyl (C=O) groups is 1. The second kappa shape index (κ2) is 4.64. The minimum atomic E-state index is -0.976. The summed E-state index contributed by atoms with van der Waals surface area (Å²) in [5, 5.41) is 8.68. The van der Waals surface area contributed by atoms with Gasteiger partial charge in [0.1, 0.15) is 5.75 Å². The third-order valence-corrected chi connectivity index (χ3v) is 1.99. The van der Waals surface area contributed by atoms with Gasteiger partial charge in [0.05, 0.1) is 0 Å². The highest BCUT2D eigenvalue weighted by molar-refractivity contribution is 5.72. The van der Waals surface area contributed by atoms with Gasteiger partial charge in [0.25, 0.3) is 0 Å². The van der Waals surface area contributed by atoms with Gasteiger partial charge in [-0.15, -0.1) is 0 Å². The minimum Gasteiger partial charge on any atom is -0.479 e. The van der Waals surface area contributed by atoms with Gasteiger partial charge in [-0.1, -0.05) is 24.3 Å². The van der Waals surface area contributed by atoms with Gasteiger partial charge in [0.2, 0.25) is 0 Å². The summed E-state index contributed by atoms with van der Waals surface area (Å²) in [7, 11) is 0. The van der Waals surface area contributed by atoms with Gasteiger partial charge < -0.3 is 9.84 Å². The van der Waals surface area contributed by atoms with Crippen molar-refractivity contribution in [3.05, 3.63) is 36.4 Å². The topological polar surface area (TPSA) is 46.5 Å². The Kier molecular flexibility index (Phi) is 3.50. The van der Waals surface area contributed by atoms with Crippen molar-refractivity contribution < 1.29 is 14.6 Å². The van der Waals surface area contributed by atoms with Crippen molar-refractivity contribution in [1.82, 2.24) is 0 Å². The smallest absolute Gasteiger partial charge is 0.344 e. The highest BCUT2D eigenvalue weighted by atomic mass is 16.5. The number of benzene rings is 1. The van der Waals surface area contributed by atoms with Gasteiger partial charge in [0.15, 0.2) is 6.10 Å². The normalized spacial score (nSPS) is 11.9. The van der Waals surface area contributed by atoms with Crippen LogP contribution in [0.15, 0.2) is 30.8 Å². The van der Waals surface area contributed by atoms with Crippen LogP contribution in [0.1, 0.15) is 19.4 Å². The van der Waals surface area contributed by atoms with Crippen molar-refractivity contribution in [1.29, 1.82) is 0 Å². The number of hydrogen-bond acceptors (Lipinski definition) is 2. The molecule has 15 heavy (non-hydrogen) atoms. The van der Waals surface area contributed by atoms with E-state index in [4.69, 9.17) is 9.84 Å². The van der Waals surface area contributed by atoms with E-state index in [1.165, 1.54) is 6.92 Å². The maximum atomic E-state index is 10.6. The van der Waals surface area contributed by atoms with E-state index in [-0.39, 0.29) is 0 Å². The zero-order valence-corrected chi connectivity index (χ0v) is 8.86. The summed E-state index contributed by atoms with van der Waals surface area (Å²) in [6.07, 6.45) is -0.842. The molecule has 0 saturated heterocycles. The quantitative estimate of drug-likeness (QED) is 0.823. The Morgan fingerprint density at radius 3 is 2.73 bits per heavy atom. The fraction of sp³-hybridized carbons (Fsp3) is 0.250. The number of carboxylic acid groups (broad SMARTS) is 1. The Hall–Kier alpha value is -1.77. The number of hydrogen-bond donors (Lipinski definition) is 1. The summed E-state index contributed by atoms with van der Waals surface area (Å²) < 4.78 is 5.23. The van der Waals surface area contributed by atoms with E-state index in [1.54, 1.807) is 12.1 Å². The molecule has 0 aliphatic rings. The van der Waals surface area contributed by atoms with Crippen LogP contribution < -0.4 is 4.74 Å². The van der Waals surface area contributed by atoms with Crippen LogP contribution >= 0.6 is 0 Å². The lowest BCUT2D eigenvalue weighted by atomic mass is 10.1. The van der Waals surface area contributed by atoms with Crippen LogP contribution in [0.4, 0.5) is 0 Å². The first kappa shape index (κ1) is 11.3. The molecule has 1 unspecified atom stereocenters. The fourth-order valence-corrected chi connectivity index (χ4v) is 1.09. The third kappa shape index (κ3) is 3.13. The van der Waals surface area contributed by atoms with E-state index < -0.39 is 12.1 Å². The summed E-state index contributed by atoms with van der Waals surface area (Å²) in [6.45, 7) is 7.19. The molecular weight excluding hydrogens is 192 g/mol. The van der Waals surface area contributed by atoms with Crippen LogP contribution in [-0.4, -0.2) is 17.2 Å². The number of carboxylic acids is 1. The summed E-state index contributed by atoms with van der Waals surface area (Å²) in [5.74, 6) is -0.430. The van der Waals surface area contributed by atoms with Crippen LogP contribution in [0.5, 0.6) is 5.75 Å². The number of allylic oxidation sites excluding steroid dienone is 1. The van der Waals surface area contributed by atoms with E-state index in [0.717, 1.165) is 11.1 Å². The molecule has 0 fully saturated rings. The van der Waals surface area contributed by atoms with Gasteiger partial charge >= 0.3 is 5.97 Å². The molecule has 3 nitrogen and oxygen atoms in total. The zero-order valence-electron chi connectivity index (χ0n) is 8.86. The Morgan fingerprint density at radius 2 is 2.20 bits per heavy atom. The zero-order chi connectivity index (χ0) is 11.4. The molecule has 0 heterocycles. The number of aliphatic carboxylic acids is 1. The molecule has 0 bridgehead atoms. The second-order valence-electron chi connectivity index (χ2n) is 3.41.